The lowest BCUT2D eigenvalue weighted by Gasteiger charge is -2.38. The van der Waals surface area contributed by atoms with E-state index < -0.39 is 11.4 Å². The lowest BCUT2D eigenvalue weighted by molar-refractivity contribution is -0.152. The van der Waals surface area contributed by atoms with Gasteiger partial charge < -0.3 is 5.11 Å². The Bertz CT molecular complexity index is 478. The van der Waals surface area contributed by atoms with Gasteiger partial charge in [0.05, 0.1) is 5.41 Å². The third kappa shape index (κ3) is 3.38. The van der Waals surface area contributed by atoms with E-state index >= 15 is 0 Å². The largest absolute Gasteiger partial charge is 0.481 e. The number of aliphatic carboxylic acids is 1. The first kappa shape index (κ1) is 15.4. The second-order valence-corrected chi connectivity index (χ2v) is 6.41. The lowest BCUT2D eigenvalue weighted by atomic mass is 9.76. The Morgan fingerprint density at radius 3 is 2.55 bits per heavy atom. The molecule has 1 N–H and O–H groups in total. The molecule has 1 aliphatic heterocycles. The normalized spacial score (nSPS) is 18.9. The van der Waals surface area contributed by atoms with Crippen molar-refractivity contribution in [2.75, 3.05) is 13.1 Å². The molecule has 110 valence electrons. The number of nitrogens with zero attached hydrogens (tertiary/aromatic N) is 1. The Hall–Kier alpha value is -0.940. The molecular weight excluding hydrogens is 325 g/mol. The maximum atomic E-state index is 13.3. The monoisotopic (exact) mass is 343 g/mol. The van der Waals surface area contributed by atoms with E-state index in [2.05, 4.69) is 20.8 Å². The van der Waals surface area contributed by atoms with Gasteiger partial charge in [0.25, 0.3) is 0 Å². The summed E-state index contributed by atoms with van der Waals surface area (Å²) >= 11 is 3.29. The summed E-state index contributed by atoms with van der Waals surface area (Å²) in [7, 11) is 0. The molecule has 1 heterocycles. The fourth-order valence-corrected chi connectivity index (χ4v) is 3.33. The number of rotatable bonds is 4. The standard InChI is InChI=1S/C15H19BrFNO2/c1-2-15(14(19)20)3-5-18(6-4-15)10-11-7-12(16)9-13(17)8-11/h7-9H,2-6,10H2,1H3,(H,19,20). The van der Waals surface area contributed by atoms with E-state index in [1.54, 1.807) is 0 Å². The molecule has 2 rings (SSSR count). The smallest absolute Gasteiger partial charge is 0.309 e. The fraction of sp³-hybridized carbons (Fsp3) is 0.533. The quantitative estimate of drug-likeness (QED) is 0.906. The van der Waals surface area contributed by atoms with Gasteiger partial charge in [0.2, 0.25) is 0 Å². The molecule has 1 aliphatic rings. The van der Waals surface area contributed by atoms with Crippen LogP contribution in [-0.2, 0) is 11.3 Å². The second kappa shape index (κ2) is 6.22. The van der Waals surface area contributed by atoms with Crippen LogP contribution in [0.3, 0.4) is 0 Å². The first-order chi connectivity index (χ1) is 9.45. The highest BCUT2D eigenvalue weighted by Gasteiger charge is 2.39. The SMILES string of the molecule is CCC1(C(=O)O)CCN(Cc2cc(F)cc(Br)c2)CC1. The summed E-state index contributed by atoms with van der Waals surface area (Å²) in [6.45, 7) is 4.09. The molecule has 0 amide bonds. The molecule has 1 aromatic carbocycles. The van der Waals surface area contributed by atoms with Gasteiger partial charge in [0.15, 0.2) is 0 Å². The average Bonchev–Trinajstić information content (AvgIpc) is 2.38. The van der Waals surface area contributed by atoms with Crippen molar-refractivity contribution in [3.63, 3.8) is 0 Å². The summed E-state index contributed by atoms with van der Waals surface area (Å²) in [6.07, 6.45) is 1.99. The van der Waals surface area contributed by atoms with Crippen LogP contribution in [-0.4, -0.2) is 29.1 Å². The average molecular weight is 344 g/mol. The van der Waals surface area contributed by atoms with Gasteiger partial charge in [-0.3, -0.25) is 9.69 Å². The van der Waals surface area contributed by atoms with Gasteiger partial charge in [0.1, 0.15) is 5.82 Å². The van der Waals surface area contributed by atoms with E-state index in [1.165, 1.54) is 12.1 Å². The summed E-state index contributed by atoms with van der Waals surface area (Å²) in [5.41, 5.74) is 0.343. The number of halogens is 2. The van der Waals surface area contributed by atoms with Crippen LogP contribution < -0.4 is 0 Å². The number of hydrogen-bond donors (Lipinski definition) is 1. The van der Waals surface area contributed by atoms with Gasteiger partial charge in [0, 0.05) is 11.0 Å². The molecule has 0 spiro atoms. The Labute approximate surface area is 126 Å². The molecular formula is C15H19BrFNO2. The molecule has 0 atom stereocenters. The molecule has 0 saturated carbocycles. The first-order valence-corrected chi connectivity index (χ1v) is 7.65. The molecule has 3 nitrogen and oxygen atoms in total. The second-order valence-electron chi connectivity index (χ2n) is 5.49. The molecule has 0 aromatic heterocycles. The third-order valence-corrected chi connectivity index (χ3v) is 4.73. The zero-order valence-electron chi connectivity index (χ0n) is 11.5. The van der Waals surface area contributed by atoms with Crippen molar-refractivity contribution in [3.8, 4) is 0 Å². The molecule has 0 unspecified atom stereocenters. The van der Waals surface area contributed by atoms with E-state index in [-0.39, 0.29) is 5.82 Å². The molecule has 1 aromatic rings. The minimum Gasteiger partial charge on any atom is -0.481 e. The molecule has 1 fully saturated rings. The Morgan fingerprint density at radius 1 is 1.40 bits per heavy atom. The van der Waals surface area contributed by atoms with Gasteiger partial charge in [-0.15, -0.1) is 0 Å². The summed E-state index contributed by atoms with van der Waals surface area (Å²) < 4.78 is 14.1. The molecule has 0 aliphatic carbocycles. The van der Waals surface area contributed by atoms with Crippen LogP contribution in [0.5, 0.6) is 0 Å². The van der Waals surface area contributed by atoms with E-state index in [0.717, 1.165) is 23.1 Å². The Kier molecular flexibility index (Phi) is 4.81. The molecule has 5 heteroatoms. The number of benzene rings is 1. The zero-order valence-corrected chi connectivity index (χ0v) is 13.1. The van der Waals surface area contributed by atoms with Gasteiger partial charge in [-0.25, -0.2) is 4.39 Å². The number of hydrogen-bond acceptors (Lipinski definition) is 2. The van der Waals surface area contributed by atoms with Gasteiger partial charge in [-0.2, -0.15) is 0 Å². The molecule has 0 radical (unpaired) electrons. The highest BCUT2D eigenvalue weighted by molar-refractivity contribution is 9.10. The predicted octanol–water partition coefficient (Wildman–Crippen LogP) is 3.67. The van der Waals surface area contributed by atoms with E-state index in [0.29, 0.717) is 25.8 Å². The van der Waals surface area contributed by atoms with Crippen molar-refractivity contribution < 1.29 is 14.3 Å². The van der Waals surface area contributed by atoms with Crippen LogP contribution in [0.15, 0.2) is 22.7 Å². The Balaban J connectivity index is 1.99. The van der Waals surface area contributed by atoms with Crippen LogP contribution in [0.25, 0.3) is 0 Å². The lowest BCUT2D eigenvalue weighted by Crippen LogP contribution is -2.43. The van der Waals surface area contributed by atoms with E-state index in [1.807, 2.05) is 13.0 Å². The summed E-state index contributed by atoms with van der Waals surface area (Å²) in [5, 5.41) is 9.36. The minimum atomic E-state index is -0.687. The highest BCUT2D eigenvalue weighted by Crippen LogP contribution is 2.35. The van der Waals surface area contributed by atoms with Gasteiger partial charge in [-0.1, -0.05) is 22.9 Å². The highest BCUT2D eigenvalue weighted by atomic mass is 79.9. The maximum Gasteiger partial charge on any atom is 0.309 e. The molecule has 1 saturated heterocycles. The first-order valence-electron chi connectivity index (χ1n) is 6.86. The minimum absolute atomic E-state index is 0.250. The van der Waals surface area contributed by atoms with E-state index in [9.17, 15) is 14.3 Å². The third-order valence-electron chi connectivity index (χ3n) is 4.27. The van der Waals surface area contributed by atoms with Crippen LogP contribution >= 0.6 is 15.9 Å². The number of carboxylic acid groups (broad SMARTS) is 1. The van der Waals surface area contributed by atoms with Crippen molar-refractivity contribution in [3.05, 3.63) is 34.1 Å². The van der Waals surface area contributed by atoms with Crippen LogP contribution in [0.2, 0.25) is 0 Å². The van der Waals surface area contributed by atoms with Crippen molar-refractivity contribution in [2.45, 2.75) is 32.7 Å². The molecule has 20 heavy (non-hydrogen) atoms. The van der Waals surface area contributed by atoms with Gasteiger partial charge >= 0.3 is 5.97 Å². The predicted molar refractivity (Wildman–Crippen MR) is 79.0 cm³/mol. The topological polar surface area (TPSA) is 40.5 Å². The van der Waals surface area contributed by atoms with Crippen LogP contribution in [0.4, 0.5) is 4.39 Å². The van der Waals surface area contributed by atoms with Crippen molar-refractivity contribution >= 4 is 21.9 Å². The molecule has 0 bridgehead atoms. The number of likely N-dealkylation sites (tertiary alicyclic amines) is 1. The van der Waals surface area contributed by atoms with Gasteiger partial charge in [-0.05, 0) is 56.1 Å². The zero-order chi connectivity index (χ0) is 14.8. The van der Waals surface area contributed by atoms with Crippen LogP contribution in [0.1, 0.15) is 31.7 Å². The maximum absolute atomic E-state index is 13.3. The van der Waals surface area contributed by atoms with Crippen molar-refractivity contribution in [2.24, 2.45) is 5.41 Å². The fourth-order valence-electron chi connectivity index (χ4n) is 2.82. The number of carbonyl (C=O) groups is 1. The van der Waals surface area contributed by atoms with Crippen LogP contribution in [0, 0.1) is 11.2 Å². The summed E-state index contributed by atoms with van der Waals surface area (Å²) in [4.78, 5) is 13.6. The summed E-state index contributed by atoms with van der Waals surface area (Å²) in [5.74, 6) is -0.937. The van der Waals surface area contributed by atoms with Crippen molar-refractivity contribution in [1.82, 2.24) is 4.90 Å². The summed E-state index contributed by atoms with van der Waals surface area (Å²) in [6, 6.07) is 4.87. The van der Waals surface area contributed by atoms with E-state index in [4.69, 9.17) is 0 Å². The number of carboxylic acids is 1. The Morgan fingerprint density at radius 2 is 2.05 bits per heavy atom. The number of piperidine rings is 1. The van der Waals surface area contributed by atoms with Crippen molar-refractivity contribution in [1.29, 1.82) is 0 Å².